The van der Waals surface area contributed by atoms with Crippen LogP contribution in [-0.2, 0) is 20.9 Å². The van der Waals surface area contributed by atoms with E-state index in [0.29, 0.717) is 6.54 Å². The van der Waals surface area contributed by atoms with Gasteiger partial charge >= 0.3 is 0 Å². The van der Waals surface area contributed by atoms with Crippen LogP contribution in [0.15, 0.2) is 54.6 Å². The highest BCUT2D eigenvalue weighted by Gasteiger charge is 2.38. The van der Waals surface area contributed by atoms with Crippen molar-refractivity contribution in [2.24, 2.45) is 0 Å². The predicted molar refractivity (Wildman–Crippen MR) is 128 cm³/mol. The lowest BCUT2D eigenvalue weighted by molar-refractivity contribution is -0.144. The Labute approximate surface area is 199 Å². The Morgan fingerprint density at radius 1 is 1.03 bits per heavy atom. The molecule has 1 N–H and O–H groups in total. The number of nitrogens with one attached hydrogen (secondary N) is 1. The van der Waals surface area contributed by atoms with Crippen LogP contribution in [-0.4, -0.2) is 57.0 Å². The lowest BCUT2D eigenvalue weighted by Gasteiger charge is -2.36. The molecule has 178 valence electrons. The fraction of sp³-hybridized carbons (Fsp3) is 0.462. The van der Waals surface area contributed by atoms with E-state index in [1.165, 1.54) is 0 Å². The highest BCUT2D eigenvalue weighted by Crippen LogP contribution is 2.32. The Balaban J connectivity index is 1.44. The van der Waals surface area contributed by atoms with Gasteiger partial charge < -0.3 is 15.0 Å². The van der Waals surface area contributed by atoms with Gasteiger partial charge in [0.25, 0.3) is 0 Å². The van der Waals surface area contributed by atoms with Gasteiger partial charge in [-0.15, -0.1) is 5.10 Å². The average molecular weight is 462 g/mol. The standard InChI is InChI=1S/C26H31N5O3/c32-24(18-30-23-15-7-6-14-22(23)28-29-30)31(20-11-4-5-12-20)25(19-9-2-1-3-10-19)26(33)27-17-21-13-8-16-34-21/h1-3,6-7,9-10,14-15,20-21,25H,4-5,8,11-13,16-18H2,(H,27,33)/t21-,25-/m0/s1. The van der Waals surface area contributed by atoms with Crippen molar-refractivity contribution in [2.45, 2.75) is 63.3 Å². The van der Waals surface area contributed by atoms with Gasteiger partial charge in [0.05, 0.1) is 11.6 Å². The molecule has 8 nitrogen and oxygen atoms in total. The molecule has 1 aromatic heterocycles. The van der Waals surface area contributed by atoms with Crippen molar-refractivity contribution < 1.29 is 14.3 Å². The predicted octanol–water partition coefficient (Wildman–Crippen LogP) is 3.24. The molecule has 3 aromatic rings. The molecule has 1 saturated heterocycles. The van der Waals surface area contributed by atoms with E-state index in [0.717, 1.165) is 61.7 Å². The molecule has 5 rings (SSSR count). The van der Waals surface area contributed by atoms with Gasteiger partial charge in [-0.25, -0.2) is 4.68 Å². The second kappa shape index (κ2) is 10.3. The number of carbonyl (C=O) groups excluding carboxylic acids is 2. The van der Waals surface area contributed by atoms with Crippen molar-refractivity contribution in [1.29, 1.82) is 0 Å². The van der Waals surface area contributed by atoms with Gasteiger partial charge in [0.2, 0.25) is 11.8 Å². The van der Waals surface area contributed by atoms with E-state index >= 15 is 0 Å². The number of fused-ring (bicyclic) bond motifs is 1. The van der Waals surface area contributed by atoms with Crippen LogP contribution >= 0.6 is 0 Å². The molecule has 2 fully saturated rings. The summed E-state index contributed by atoms with van der Waals surface area (Å²) in [6.45, 7) is 1.24. The number of rotatable bonds is 8. The van der Waals surface area contributed by atoms with Crippen LogP contribution in [0.5, 0.6) is 0 Å². The Morgan fingerprint density at radius 3 is 2.56 bits per heavy atom. The Kier molecular flexibility index (Phi) is 6.85. The summed E-state index contributed by atoms with van der Waals surface area (Å²) in [5, 5.41) is 11.5. The minimum Gasteiger partial charge on any atom is -0.376 e. The second-order valence-corrected chi connectivity index (χ2v) is 9.17. The number of amides is 2. The van der Waals surface area contributed by atoms with E-state index in [4.69, 9.17) is 4.74 Å². The van der Waals surface area contributed by atoms with Crippen molar-refractivity contribution in [3.8, 4) is 0 Å². The first-order valence-corrected chi connectivity index (χ1v) is 12.2. The number of benzene rings is 2. The minimum atomic E-state index is -0.701. The third-order valence-corrected chi connectivity index (χ3v) is 6.88. The number of para-hydroxylation sites is 1. The van der Waals surface area contributed by atoms with Gasteiger partial charge in [0.1, 0.15) is 18.1 Å². The topological polar surface area (TPSA) is 89.4 Å². The maximum atomic E-state index is 13.9. The zero-order valence-electron chi connectivity index (χ0n) is 19.3. The highest BCUT2D eigenvalue weighted by atomic mass is 16.5. The van der Waals surface area contributed by atoms with Crippen LogP contribution in [0.25, 0.3) is 11.0 Å². The van der Waals surface area contributed by atoms with Crippen LogP contribution in [0.2, 0.25) is 0 Å². The van der Waals surface area contributed by atoms with E-state index in [1.807, 2.05) is 59.5 Å². The molecule has 1 saturated carbocycles. The van der Waals surface area contributed by atoms with Gasteiger partial charge in [-0.05, 0) is 43.4 Å². The Morgan fingerprint density at radius 2 is 1.79 bits per heavy atom. The number of hydrogen-bond acceptors (Lipinski definition) is 5. The molecule has 1 aliphatic carbocycles. The minimum absolute atomic E-state index is 0.0148. The van der Waals surface area contributed by atoms with E-state index in [2.05, 4.69) is 15.6 Å². The summed E-state index contributed by atoms with van der Waals surface area (Å²) in [7, 11) is 0. The molecule has 0 radical (unpaired) electrons. The lowest BCUT2D eigenvalue weighted by atomic mass is 10.0. The molecule has 2 aliphatic rings. The summed E-state index contributed by atoms with van der Waals surface area (Å²) in [5.74, 6) is -0.283. The smallest absolute Gasteiger partial charge is 0.247 e. The number of nitrogens with zero attached hydrogens (tertiary/aromatic N) is 4. The number of carbonyl (C=O) groups is 2. The van der Waals surface area contributed by atoms with E-state index < -0.39 is 6.04 Å². The number of ether oxygens (including phenoxy) is 1. The van der Waals surface area contributed by atoms with Crippen LogP contribution < -0.4 is 5.32 Å². The van der Waals surface area contributed by atoms with Crippen LogP contribution in [0, 0.1) is 0 Å². The van der Waals surface area contributed by atoms with E-state index in [-0.39, 0.29) is 30.5 Å². The molecule has 0 spiro atoms. The molecule has 8 heteroatoms. The van der Waals surface area contributed by atoms with Gasteiger partial charge in [0.15, 0.2) is 0 Å². The van der Waals surface area contributed by atoms with Crippen LogP contribution in [0.1, 0.15) is 50.1 Å². The van der Waals surface area contributed by atoms with Gasteiger partial charge in [-0.3, -0.25) is 9.59 Å². The SMILES string of the molecule is O=C(NC[C@@H]1CCCO1)[C@H](c1ccccc1)N(C(=O)Cn1nnc2ccccc21)C1CCCC1. The first kappa shape index (κ1) is 22.5. The monoisotopic (exact) mass is 461 g/mol. The average Bonchev–Trinajstić information content (AvgIpc) is 3.64. The summed E-state index contributed by atoms with van der Waals surface area (Å²) >= 11 is 0. The molecule has 0 unspecified atom stereocenters. The van der Waals surface area contributed by atoms with E-state index in [1.54, 1.807) is 4.68 Å². The molecule has 2 atom stereocenters. The van der Waals surface area contributed by atoms with Crippen molar-refractivity contribution in [3.63, 3.8) is 0 Å². The first-order valence-electron chi connectivity index (χ1n) is 12.2. The van der Waals surface area contributed by atoms with Crippen LogP contribution in [0.4, 0.5) is 0 Å². The molecule has 2 aromatic carbocycles. The molecule has 0 bridgehead atoms. The molecule has 1 aliphatic heterocycles. The lowest BCUT2D eigenvalue weighted by Crippen LogP contribution is -2.50. The van der Waals surface area contributed by atoms with Gasteiger partial charge in [0, 0.05) is 19.2 Å². The van der Waals surface area contributed by atoms with Gasteiger partial charge in [-0.2, -0.15) is 0 Å². The first-order chi connectivity index (χ1) is 16.7. The van der Waals surface area contributed by atoms with Crippen LogP contribution in [0.3, 0.4) is 0 Å². The summed E-state index contributed by atoms with van der Waals surface area (Å²) in [4.78, 5) is 29.3. The van der Waals surface area contributed by atoms with Crippen molar-refractivity contribution in [1.82, 2.24) is 25.2 Å². The van der Waals surface area contributed by atoms with E-state index in [9.17, 15) is 9.59 Å². The number of aromatic nitrogens is 3. The summed E-state index contributed by atoms with van der Waals surface area (Å²) in [5.41, 5.74) is 2.37. The zero-order chi connectivity index (χ0) is 23.3. The summed E-state index contributed by atoms with van der Waals surface area (Å²) < 4.78 is 7.32. The number of hydrogen-bond donors (Lipinski definition) is 1. The zero-order valence-corrected chi connectivity index (χ0v) is 19.3. The Hall–Kier alpha value is -3.26. The van der Waals surface area contributed by atoms with Crippen molar-refractivity contribution >= 4 is 22.8 Å². The molecule has 2 heterocycles. The molecular formula is C26H31N5O3. The third-order valence-electron chi connectivity index (χ3n) is 6.88. The van der Waals surface area contributed by atoms with Gasteiger partial charge in [-0.1, -0.05) is 60.5 Å². The molecular weight excluding hydrogens is 430 g/mol. The maximum absolute atomic E-state index is 13.9. The second-order valence-electron chi connectivity index (χ2n) is 9.17. The highest BCUT2D eigenvalue weighted by molar-refractivity contribution is 5.89. The van der Waals surface area contributed by atoms with Crippen molar-refractivity contribution in [2.75, 3.05) is 13.2 Å². The van der Waals surface area contributed by atoms with Crippen molar-refractivity contribution in [3.05, 3.63) is 60.2 Å². The summed E-state index contributed by atoms with van der Waals surface area (Å²) in [6, 6.07) is 16.5. The molecule has 2 amide bonds. The molecule has 34 heavy (non-hydrogen) atoms. The summed E-state index contributed by atoms with van der Waals surface area (Å²) in [6.07, 6.45) is 5.90. The largest absolute Gasteiger partial charge is 0.376 e. The fourth-order valence-corrected chi connectivity index (χ4v) is 5.17. The maximum Gasteiger partial charge on any atom is 0.247 e. The third kappa shape index (κ3) is 4.82. The normalized spacial score (nSPS) is 19.4. The Bertz CT molecular complexity index is 1120. The quantitative estimate of drug-likeness (QED) is 0.556. The fourth-order valence-electron chi connectivity index (χ4n) is 5.17.